The summed E-state index contributed by atoms with van der Waals surface area (Å²) < 4.78 is 12.8. The van der Waals surface area contributed by atoms with E-state index in [4.69, 9.17) is 11.6 Å². The van der Waals surface area contributed by atoms with Crippen LogP contribution in [0.2, 0.25) is 5.02 Å². The van der Waals surface area contributed by atoms with Crippen LogP contribution in [0, 0.1) is 11.7 Å². The van der Waals surface area contributed by atoms with Gasteiger partial charge in [-0.1, -0.05) is 17.7 Å². The van der Waals surface area contributed by atoms with E-state index >= 15 is 0 Å². The van der Waals surface area contributed by atoms with Gasteiger partial charge in [0.2, 0.25) is 0 Å². The van der Waals surface area contributed by atoms with Crippen molar-refractivity contribution >= 4 is 11.6 Å². The lowest BCUT2D eigenvalue weighted by atomic mass is 10.0. The Hall–Kier alpha value is -0.600. The number of halogens is 2. The fraction of sp³-hybridized carbons (Fsp3) is 0.455. The summed E-state index contributed by atoms with van der Waals surface area (Å²) in [5.74, 6) is 0.396. The van der Waals surface area contributed by atoms with Crippen LogP contribution in [-0.2, 0) is 0 Å². The van der Waals surface area contributed by atoms with Gasteiger partial charge in [-0.2, -0.15) is 0 Å². The van der Waals surface area contributed by atoms with Crippen molar-refractivity contribution in [2.75, 3.05) is 7.05 Å². The fourth-order valence-corrected chi connectivity index (χ4v) is 2.11. The Kier molecular flexibility index (Phi) is 2.75. The molecule has 0 radical (unpaired) electrons. The van der Waals surface area contributed by atoms with Crippen LogP contribution in [0.4, 0.5) is 4.39 Å². The van der Waals surface area contributed by atoms with Gasteiger partial charge in [0.1, 0.15) is 5.82 Å². The van der Waals surface area contributed by atoms with Gasteiger partial charge in [0, 0.05) is 11.1 Å². The maximum Gasteiger partial charge on any atom is 0.124 e. The van der Waals surface area contributed by atoms with Crippen molar-refractivity contribution in [1.29, 1.82) is 0 Å². The first kappa shape index (κ1) is 9.94. The van der Waals surface area contributed by atoms with Crippen molar-refractivity contribution in [2.24, 2.45) is 5.92 Å². The van der Waals surface area contributed by atoms with Crippen LogP contribution in [0.25, 0.3) is 0 Å². The Bertz CT molecular complexity index is 336. The molecular formula is C11H13ClFN. The molecule has 0 saturated heterocycles. The number of hydrogen-bond acceptors (Lipinski definition) is 1. The highest BCUT2D eigenvalue weighted by Crippen LogP contribution is 2.42. The molecule has 1 N–H and O–H groups in total. The zero-order valence-electron chi connectivity index (χ0n) is 8.06. The molecule has 0 aromatic heterocycles. The molecule has 76 valence electrons. The first-order valence-electron chi connectivity index (χ1n) is 4.84. The van der Waals surface area contributed by atoms with Crippen LogP contribution >= 0.6 is 11.6 Å². The Morgan fingerprint density at radius 2 is 2.21 bits per heavy atom. The predicted molar refractivity (Wildman–Crippen MR) is 55.9 cm³/mol. The van der Waals surface area contributed by atoms with Crippen molar-refractivity contribution in [2.45, 2.75) is 18.9 Å². The smallest absolute Gasteiger partial charge is 0.124 e. The standard InChI is InChI=1S/C11H13ClFN/c1-14-11(7-2-3-7)9-5-4-8(13)6-10(9)12/h4-7,11,14H,2-3H2,1H3. The highest BCUT2D eigenvalue weighted by atomic mass is 35.5. The van der Waals surface area contributed by atoms with Gasteiger partial charge in [0.25, 0.3) is 0 Å². The Balaban J connectivity index is 2.29. The van der Waals surface area contributed by atoms with Gasteiger partial charge < -0.3 is 5.32 Å². The lowest BCUT2D eigenvalue weighted by molar-refractivity contribution is 0.527. The lowest BCUT2D eigenvalue weighted by Crippen LogP contribution is -2.18. The molecule has 1 aliphatic carbocycles. The molecule has 2 rings (SSSR count). The third-order valence-electron chi connectivity index (χ3n) is 2.70. The molecule has 1 fully saturated rings. The molecule has 1 saturated carbocycles. The molecule has 1 nitrogen and oxygen atoms in total. The number of benzene rings is 1. The van der Waals surface area contributed by atoms with E-state index < -0.39 is 0 Å². The van der Waals surface area contributed by atoms with Gasteiger partial charge in [0.15, 0.2) is 0 Å². The number of rotatable bonds is 3. The summed E-state index contributed by atoms with van der Waals surface area (Å²) in [5, 5.41) is 3.76. The van der Waals surface area contributed by atoms with Crippen molar-refractivity contribution in [3.63, 3.8) is 0 Å². The van der Waals surface area contributed by atoms with Crippen LogP contribution < -0.4 is 5.32 Å². The average Bonchev–Trinajstić information content (AvgIpc) is 2.93. The topological polar surface area (TPSA) is 12.0 Å². The highest BCUT2D eigenvalue weighted by molar-refractivity contribution is 6.31. The van der Waals surface area contributed by atoms with Gasteiger partial charge >= 0.3 is 0 Å². The molecule has 1 atom stereocenters. The van der Waals surface area contributed by atoms with Crippen molar-refractivity contribution in [3.05, 3.63) is 34.6 Å². The van der Waals surface area contributed by atoms with Gasteiger partial charge in [-0.3, -0.25) is 0 Å². The SMILES string of the molecule is CNC(c1ccc(F)cc1Cl)C1CC1. The van der Waals surface area contributed by atoms with E-state index in [9.17, 15) is 4.39 Å². The molecule has 1 aromatic carbocycles. The molecule has 0 aliphatic heterocycles. The normalized spacial score (nSPS) is 18.2. The minimum Gasteiger partial charge on any atom is -0.313 e. The molecule has 1 unspecified atom stereocenters. The summed E-state index contributed by atoms with van der Waals surface area (Å²) in [6, 6.07) is 4.90. The monoisotopic (exact) mass is 213 g/mol. The highest BCUT2D eigenvalue weighted by Gasteiger charge is 2.32. The summed E-state index contributed by atoms with van der Waals surface area (Å²) in [4.78, 5) is 0. The van der Waals surface area contributed by atoms with E-state index in [2.05, 4.69) is 5.32 Å². The molecule has 1 aromatic rings. The van der Waals surface area contributed by atoms with E-state index in [-0.39, 0.29) is 11.9 Å². The summed E-state index contributed by atoms with van der Waals surface area (Å²) in [5.41, 5.74) is 1.01. The zero-order chi connectivity index (χ0) is 10.1. The third kappa shape index (κ3) is 1.91. The van der Waals surface area contributed by atoms with E-state index in [0.717, 1.165) is 5.56 Å². The Morgan fingerprint density at radius 1 is 1.50 bits per heavy atom. The van der Waals surface area contributed by atoms with E-state index in [1.165, 1.54) is 25.0 Å². The van der Waals surface area contributed by atoms with Gasteiger partial charge in [0.05, 0.1) is 0 Å². The van der Waals surface area contributed by atoms with Crippen molar-refractivity contribution in [1.82, 2.24) is 5.32 Å². The molecule has 14 heavy (non-hydrogen) atoms. The van der Waals surface area contributed by atoms with Crippen LogP contribution in [-0.4, -0.2) is 7.05 Å². The molecular weight excluding hydrogens is 201 g/mol. The maximum atomic E-state index is 12.8. The Labute approximate surface area is 88.3 Å². The minimum absolute atomic E-state index is 0.274. The first-order chi connectivity index (χ1) is 6.72. The summed E-state index contributed by atoms with van der Waals surface area (Å²) in [6.45, 7) is 0. The average molecular weight is 214 g/mol. The first-order valence-corrected chi connectivity index (χ1v) is 5.22. The molecule has 3 heteroatoms. The largest absolute Gasteiger partial charge is 0.313 e. The molecule has 0 spiro atoms. The molecule has 0 heterocycles. The van der Waals surface area contributed by atoms with Gasteiger partial charge in [-0.15, -0.1) is 0 Å². The second-order valence-corrected chi connectivity index (χ2v) is 4.18. The van der Waals surface area contributed by atoms with Crippen LogP contribution in [0.1, 0.15) is 24.4 Å². The van der Waals surface area contributed by atoms with Crippen molar-refractivity contribution < 1.29 is 4.39 Å². The number of nitrogens with one attached hydrogen (secondary N) is 1. The maximum absolute atomic E-state index is 12.8. The summed E-state index contributed by atoms with van der Waals surface area (Å²) in [7, 11) is 1.92. The predicted octanol–water partition coefficient (Wildman–Crippen LogP) is 3.15. The third-order valence-corrected chi connectivity index (χ3v) is 3.03. The van der Waals surface area contributed by atoms with E-state index in [1.54, 1.807) is 6.07 Å². The molecule has 0 bridgehead atoms. The minimum atomic E-state index is -0.274. The molecule has 1 aliphatic rings. The second-order valence-electron chi connectivity index (χ2n) is 3.77. The van der Waals surface area contributed by atoms with Crippen LogP contribution in [0.3, 0.4) is 0 Å². The van der Waals surface area contributed by atoms with E-state index in [1.807, 2.05) is 7.05 Å². The van der Waals surface area contributed by atoms with Crippen LogP contribution in [0.5, 0.6) is 0 Å². The zero-order valence-corrected chi connectivity index (χ0v) is 8.81. The molecule has 0 amide bonds. The van der Waals surface area contributed by atoms with Crippen molar-refractivity contribution in [3.8, 4) is 0 Å². The van der Waals surface area contributed by atoms with Gasteiger partial charge in [-0.05, 0) is 43.5 Å². The summed E-state index contributed by atoms with van der Waals surface area (Å²) >= 11 is 5.99. The fourth-order valence-electron chi connectivity index (χ4n) is 1.83. The lowest BCUT2D eigenvalue weighted by Gasteiger charge is -2.17. The summed E-state index contributed by atoms with van der Waals surface area (Å²) in [6.07, 6.45) is 2.47. The van der Waals surface area contributed by atoms with E-state index in [0.29, 0.717) is 10.9 Å². The van der Waals surface area contributed by atoms with Crippen LogP contribution in [0.15, 0.2) is 18.2 Å². The number of hydrogen-bond donors (Lipinski definition) is 1. The van der Waals surface area contributed by atoms with Gasteiger partial charge in [-0.25, -0.2) is 4.39 Å². The Morgan fingerprint density at radius 3 is 2.71 bits per heavy atom. The second kappa shape index (κ2) is 3.87. The quantitative estimate of drug-likeness (QED) is 0.814.